The van der Waals surface area contributed by atoms with E-state index in [9.17, 15) is 74.7 Å². The summed E-state index contributed by atoms with van der Waals surface area (Å²) in [4.78, 5) is 133. The minimum absolute atomic E-state index is 0.0190. The number of amides is 7. The number of hydrogen-bond acceptors (Lipinski definition) is 28. The van der Waals surface area contributed by atoms with Gasteiger partial charge in [0, 0.05) is 40.5 Å². The fraction of sp³-hybridized carbons (Fsp3) is 0.414. The number of aromatic hydroxyl groups is 3. The number of aliphatic hydroxyl groups excluding tert-OH is 5. The quantitative estimate of drug-likeness (QED) is 0.0629. The second-order valence-corrected chi connectivity index (χ2v) is 29.2. The summed E-state index contributed by atoms with van der Waals surface area (Å²) in [5, 5.41) is 129. The number of nitrogens with one attached hydrogen (secondary N) is 8. The molecule has 6 aromatic rings. The van der Waals surface area contributed by atoms with Crippen LogP contribution in [-0.4, -0.2) is 200 Å². The number of aliphatic carboxylic acids is 1. The monoisotopic (exact) mass is 1570 g/mol. The molecule has 0 aliphatic carbocycles. The molecule has 21 N–H and O–H groups in total. The molecule has 582 valence electrons. The van der Waals surface area contributed by atoms with Crippen LogP contribution in [0.5, 0.6) is 46.0 Å². The van der Waals surface area contributed by atoms with Crippen LogP contribution in [0.15, 0.2) is 88.8 Å². The van der Waals surface area contributed by atoms with Gasteiger partial charge < -0.3 is 123 Å². The number of likely N-dealkylation sites (N-methyl/N-ethyl adjacent to an activating group) is 1. The normalized spacial score (nSPS) is 28.1. The van der Waals surface area contributed by atoms with Gasteiger partial charge in [0.15, 0.2) is 35.1 Å². The molecule has 8 heterocycles. The fourth-order valence-electron chi connectivity index (χ4n) is 13.1. The van der Waals surface area contributed by atoms with E-state index < -0.39 is 236 Å². The number of thioether (sulfide) groups is 1. The number of aromatic amines is 1. The molecule has 1 aromatic heterocycles. The molecule has 109 heavy (non-hydrogen) atoms. The van der Waals surface area contributed by atoms with Crippen LogP contribution in [0.25, 0.3) is 11.1 Å². The first-order valence-corrected chi connectivity index (χ1v) is 35.6. The molecule has 11 unspecified atom stereocenters. The Morgan fingerprint density at radius 1 is 0.734 bits per heavy atom. The van der Waals surface area contributed by atoms with Gasteiger partial charge in [-0.05, 0) is 117 Å². The van der Waals surface area contributed by atoms with Crippen molar-refractivity contribution in [3.8, 4) is 57.1 Å². The van der Waals surface area contributed by atoms with Gasteiger partial charge in [-0.25, -0.2) is 4.79 Å². The van der Waals surface area contributed by atoms with Gasteiger partial charge in [-0.3, -0.25) is 43.3 Å². The third-order valence-electron chi connectivity index (χ3n) is 18.8. The molecule has 13 rings (SSSR count). The zero-order chi connectivity index (χ0) is 79.1. The van der Waals surface area contributed by atoms with Gasteiger partial charge in [-0.1, -0.05) is 67.0 Å². The third-order valence-corrected chi connectivity index (χ3v) is 20.4. The largest absolute Gasteiger partial charge is 0.508 e. The minimum atomic E-state index is -2.37. The topological polar surface area (TPSA) is 569 Å². The van der Waals surface area contributed by atoms with Crippen LogP contribution < -0.4 is 68.5 Å². The Morgan fingerprint density at radius 2 is 1.36 bits per heavy atom. The zero-order valence-electron chi connectivity index (χ0n) is 58.6. The van der Waals surface area contributed by atoms with Gasteiger partial charge >= 0.3 is 5.97 Å². The van der Waals surface area contributed by atoms with Gasteiger partial charge in [0.25, 0.3) is 5.56 Å². The number of carboxylic acids is 1. The smallest absolute Gasteiger partial charge is 0.330 e. The van der Waals surface area contributed by atoms with E-state index in [1.54, 1.807) is 0 Å². The first-order chi connectivity index (χ1) is 51.5. The van der Waals surface area contributed by atoms with Crippen molar-refractivity contribution in [3.05, 3.63) is 133 Å². The number of carbonyl (C=O) groups is 8. The van der Waals surface area contributed by atoms with Crippen molar-refractivity contribution in [1.82, 2.24) is 52.4 Å². The number of phenols is 3. The van der Waals surface area contributed by atoms with E-state index in [2.05, 4.69) is 52.4 Å². The maximum atomic E-state index is 16.2. The lowest BCUT2D eigenvalue weighted by Gasteiger charge is -2.47. The van der Waals surface area contributed by atoms with E-state index in [0.29, 0.717) is 0 Å². The van der Waals surface area contributed by atoms with Crippen molar-refractivity contribution in [2.45, 2.75) is 168 Å². The average molecular weight is 1570 g/mol. The molecule has 7 amide bonds. The number of primary amides is 1. The van der Waals surface area contributed by atoms with E-state index in [0.717, 1.165) is 78.5 Å². The van der Waals surface area contributed by atoms with Crippen LogP contribution in [0, 0.1) is 12.8 Å². The number of rotatable bonds is 15. The number of benzene rings is 5. The predicted molar refractivity (Wildman–Crippen MR) is 380 cm³/mol. The van der Waals surface area contributed by atoms with E-state index in [4.69, 9.17) is 63.1 Å². The fourth-order valence-corrected chi connectivity index (χ4v) is 14.4. The molecule has 2 fully saturated rings. The summed E-state index contributed by atoms with van der Waals surface area (Å²) in [6, 6.07) is -0.770. The Balaban J connectivity index is 1.16. The Morgan fingerprint density at radius 3 is 1.96 bits per heavy atom. The van der Waals surface area contributed by atoms with Crippen molar-refractivity contribution >= 4 is 82.3 Å². The van der Waals surface area contributed by atoms with Crippen LogP contribution in [0.1, 0.15) is 111 Å². The molecule has 0 radical (unpaired) electrons. The number of carbonyl (C=O) groups excluding carboxylic acids is 7. The number of carboxylic acid groups (broad SMARTS) is 1. The van der Waals surface area contributed by atoms with E-state index in [1.807, 2.05) is 13.8 Å². The number of fused-ring (bicyclic) bond motifs is 15. The van der Waals surface area contributed by atoms with Crippen LogP contribution >= 0.6 is 35.0 Å². The molecular weight excluding hydrogens is 1500 g/mol. The Bertz CT molecular complexity index is 4640. The molecule has 18 atom stereocenters. The van der Waals surface area contributed by atoms with Crippen molar-refractivity contribution in [2.24, 2.45) is 17.4 Å². The van der Waals surface area contributed by atoms with E-state index in [-0.39, 0.29) is 62.8 Å². The Labute approximate surface area is 632 Å². The summed E-state index contributed by atoms with van der Waals surface area (Å²) < 4.78 is 39.4. The summed E-state index contributed by atoms with van der Waals surface area (Å²) in [5.74, 6) is -16.5. The maximum absolute atomic E-state index is 16.2. The maximum Gasteiger partial charge on any atom is 0.330 e. The highest BCUT2D eigenvalue weighted by Crippen LogP contribution is 2.50. The Kier molecular flexibility index (Phi) is 24.0. The van der Waals surface area contributed by atoms with Crippen LogP contribution in [0.3, 0.4) is 0 Å². The summed E-state index contributed by atoms with van der Waals surface area (Å²) in [6.07, 6.45) is -18.6. The summed E-state index contributed by atoms with van der Waals surface area (Å²) in [7, 11) is 1.47. The third kappa shape index (κ3) is 17.4. The number of halogens is 2. The van der Waals surface area contributed by atoms with Crippen molar-refractivity contribution in [1.29, 1.82) is 0 Å². The standard InChI is InChI=1S/C70H78Cl2N12O24S/c1-24(2)13-36(75-6)61(95)80-51-53(89)28-8-11-40(34(71)15-28)104-42-17-30-18-43(57(42)108-68-58(107-46-22-70(5,74)59(93)26(4)103-46)56(92)55(91)44(106-68)23-109-69-82-60(94)25(3)83-84-69)105-41-12-9-29(16-35(41)72)54(90)52-66(100)79-50(67(101)102)33-19-31(85)20-39(87)47(33)32-14-27(7-10-38(32)86)48(63(97)81-52)78-64(98)49(30)77-62(96)37(21-45(73)88)76-65(51)99/h7-12,14-20,24,26,36-37,44,46,48-56,58-59,68,75,85-87,89-93H,13,21-23,74H2,1-6H3,(H2,73,88)(H,76,99)(H,77,96)(H,78,98)(H,79,100)(H,80,95)(H,81,97)(H,101,102)(H,82,84,94)/t26?,36-,37+,44?,46?,48?,49?,50-,51-,52+,53-,54-,55?,56?,58?,59?,68?,70?/m1/s1. The van der Waals surface area contributed by atoms with Gasteiger partial charge in [0.2, 0.25) is 53.4 Å². The molecule has 2 saturated heterocycles. The van der Waals surface area contributed by atoms with Crippen molar-refractivity contribution in [2.75, 3.05) is 12.8 Å². The molecule has 0 saturated carbocycles. The summed E-state index contributed by atoms with van der Waals surface area (Å²) >= 11 is 15.1. The lowest BCUT2D eigenvalue weighted by atomic mass is 9.86. The highest BCUT2D eigenvalue weighted by molar-refractivity contribution is 7.99. The molecular formula is C70H78Cl2N12O24S. The second-order valence-electron chi connectivity index (χ2n) is 27.4. The molecule has 11 bridgehead atoms. The Hall–Kier alpha value is -10.00. The molecule has 5 aromatic carbocycles. The van der Waals surface area contributed by atoms with Crippen LogP contribution in [0.4, 0.5) is 0 Å². The first-order valence-electron chi connectivity index (χ1n) is 33.9. The molecule has 39 heteroatoms. The van der Waals surface area contributed by atoms with Gasteiger partial charge in [0.05, 0.1) is 40.8 Å². The lowest BCUT2D eigenvalue weighted by molar-refractivity contribution is -0.329. The van der Waals surface area contributed by atoms with Gasteiger partial charge in [-0.2, -0.15) is 0 Å². The van der Waals surface area contributed by atoms with Crippen molar-refractivity contribution in [3.63, 3.8) is 0 Å². The number of phenolic OH excluding ortho intramolecular Hbond substituents is 3. The molecule has 0 spiro atoms. The predicted octanol–water partition coefficient (Wildman–Crippen LogP) is 0.693. The highest BCUT2D eigenvalue weighted by Gasteiger charge is 2.52. The lowest BCUT2D eigenvalue weighted by Crippen LogP contribution is -2.64. The van der Waals surface area contributed by atoms with Gasteiger partial charge in [-0.15, -0.1) is 10.2 Å². The number of aromatic nitrogens is 3. The number of aliphatic hydroxyl groups is 5. The van der Waals surface area contributed by atoms with E-state index >= 15 is 14.4 Å². The SMILES string of the molecule is CN[C@H](CC(C)C)C(=O)N[C@H]1C(=O)N[C@@H](CC(N)=O)C(=O)NC2C(=O)NC3C(=O)N[C@H](C(=O)N[C@@H](C(=O)O)c4cc(O)cc(O)c4-c4cc3ccc4O)[C@H](O)c3ccc(c(Cl)c3)Oc3cc2cc(c3OC2OC(CSc3nnc(C)c(=O)[nH]3)C(O)C(O)C2OC2CC(C)(N)C(O)C(C)O2)Oc2ccc(cc2Cl)[C@H]1O. The van der Waals surface area contributed by atoms with Crippen LogP contribution in [-0.2, 0) is 52.6 Å². The summed E-state index contributed by atoms with van der Waals surface area (Å²) in [6.45, 7) is 8.04. The number of ether oxygens (including phenoxy) is 6. The molecule has 7 aliphatic rings. The zero-order valence-corrected chi connectivity index (χ0v) is 60.9. The molecule has 36 nitrogen and oxygen atoms in total. The number of aryl methyl sites for hydroxylation is 1. The second kappa shape index (κ2) is 32.7. The number of nitrogens with two attached hydrogens (primary N) is 2. The van der Waals surface area contributed by atoms with E-state index in [1.165, 1.54) is 40.0 Å². The summed E-state index contributed by atoms with van der Waals surface area (Å²) in [5.41, 5.74) is 7.45. The van der Waals surface area contributed by atoms with Gasteiger partial charge in [0.1, 0.15) is 89.1 Å². The molecule has 7 aliphatic heterocycles. The van der Waals surface area contributed by atoms with Crippen LogP contribution in [0.2, 0.25) is 10.0 Å². The first kappa shape index (κ1) is 80.0. The minimum Gasteiger partial charge on any atom is -0.508 e. The number of H-pyrrole nitrogens is 1. The highest BCUT2D eigenvalue weighted by atomic mass is 35.5. The number of hydrogen-bond donors (Lipinski definition) is 19. The van der Waals surface area contributed by atoms with Crippen molar-refractivity contribution < 1.29 is 113 Å². The number of nitrogens with zero attached hydrogens (tertiary/aromatic N) is 2. The average Bonchev–Trinajstić information content (AvgIpc) is 0.766.